The Bertz CT molecular complexity index is 2150. The van der Waals surface area contributed by atoms with Gasteiger partial charge in [0.1, 0.15) is 40.7 Å². The highest BCUT2D eigenvalue weighted by Crippen LogP contribution is 2.47. The number of hydrogen-bond acceptors (Lipinski definition) is 10. The maximum Gasteiger partial charge on any atom is 0.411 e. The molecular weight excluding hydrogens is 810 g/mol. The summed E-state index contributed by atoms with van der Waals surface area (Å²) in [6, 6.07) is 1.73. The van der Waals surface area contributed by atoms with Crippen molar-refractivity contribution in [3.8, 4) is 11.6 Å². The number of nitrogens with one attached hydrogen (secondary N) is 2. The molecule has 3 N–H and O–H groups in total. The second-order valence-electron chi connectivity index (χ2n) is 17.5. The molecule has 0 spiro atoms. The second-order valence-corrected chi connectivity index (χ2v) is 19.5. The molecule has 6 rings (SSSR count). The molecular formula is C41H55F3N6O9S. The van der Waals surface area contributed by atoms with Gasteiger partial charge in [0.15, 0.2) is 0 Å². The molecule has 2 saturated carbocycles. The molecule has 4 aliphatic rings. The Hall–Kier alpha value is -4.68. The number of benzene rings is 1. The first-order chi connectivity index (χ1) is 28.0. The molecule has 1 saturated heterocycles. The van der Waals surface area contributed by atoms with Gasteiger partial charge in [0, 0.05) is 24.3 Å². The molecule has 2 aromatic rings. The number of ether oxygens (including phenoxy) is 2. The molecule has 2 aliphatic carbocycles. The van der Waals surface area contributed by atoms with Gasteiger partial charge in [-0.2, -0.15) is 13.2 Å². The van der Waals surface area contributed by atoms with E-state index in [0.717, 1.165) is 4.90 Å². The number of halogens is 3. The number of amides is 4. The van der Waals surface area contributed by atoms with Crippen molar-refractivity contribution in [3.63, 3.8) is 0 Å². The van der Waals surface area contributed by atoms with E-state index in [0.29, 0.717) is 62.0 Å². The van der Waals surface area contributed by atoms with E-state index in [1.807, 2.05) is 26.8 Å². The third-order valence-corrected chi connectivity index (χ3v) is 14.2. The van der Waals surface area contributed by atoms with Gasteiger partial charge in [0.25, 0.3) is 5.91 Å². The molecule has 3 fully saturated rings. The van der Waals surface area contributed by atoms with Crippen LogP contribution < -0.4 is 19.5 Å². The van der Waals surface area contributed by atoms with E-state index in [9.17, 15) is 41.1 Å². The number of rotatable bonds is 10. The molecule has 0 unspecified atom stereocenters. The predicted octanol–water partition coefficient (Wildman–Crippen LogP) is 5.69. The first kappa shape index (κ1) is 44.9. The Morgan fingerprint density at radius 3 is 2.42 bits per heavy atom. The lowest BCUT2D eigenvalue weighted by Crippen LogP contribution is -2.66. The zero-order chi connectivity index (χ0) is 44.1. The van der Waals surface area contributed by atoms with Crippen LogP contribution in [0.15, 0.2) is 30.4 Å². The summed E-state index contributed by atoms with van der Waals surface area (Å²) in [5.74, 6) is -4.17. The van der Waals surface area contributed by atoms with E-state index < -0.39 is 86.4 Å². The smallest absolute Gasteiger partial charge is 0.411 e. The maximum absolute atomic E-state index is 15.2. The van der Waals surface area contributed by atoms with Crippen molar-refractivity contribution in [2.45, 2.75) is 140 Å². The molecule has 4 amide bonds. The molecule has 1 aromatic carbocycles. The van der Waals surface area contributed by atoms with Crippen molar-refractivity contribution in [2.24, 2.45) is 17.8 Å². The first-order valence-corrected chi connectivity index (χ1v) is 22.1. The summed E-state index contributed by atoms with van der Waals surface area (Å²) in [6.07, 6.45) is -2.63. The van der Waals surface area contributed by atoms with Crippen molar-refractivity contribution in [2.75, 3.05) is 13.7 Å². The fraction of sp³-hybridized carbons (Fsp3) is 0.659. The molecule has 60 heavy (non-hydrogen) atoms. The molecule has 19 heteroatoms. The largest absolute Gasteiger partial charge is 0.497 e. The Balaban J connectivity index is 1.45. The monoisotopic (exact) mass is 864 g/mol. The van der Waals surface area contributed by atoms with Crippen LogP contribution in [0.1, 0.15) is 105 Å². The second kappa shape index (κ2) is 16.6. The molecule has 0 bridgehead atoms. The lowest BCUT2D eigenvalue weighted by molar-refractivity contribution is -0.222. The SMILES string of the molecule is CC[C@@H]1C[C@H](C)CCC=C[C@@H]2C[C@@]2(C(=O)NS(=O)(=O)C2CC2)NC(=O)[C@@H]2C[C@@H](Oc3nc4cc(OC)ccc4nc3C(C)C)CN2C(=O)[C@H]1N(C(=O)O)C(C)(C)C(F)(F)F. The van der Waals surface area contributed by atoms with Gasteiger partial charge in [-0.05, 0) is 76.3 Å². The number of allylic oxidation sites excluding steroid dienone is 1. The quantitative estimate of drug-likeness (QED) is 0.248. The van der Waals surface area contributed by atoms with E-state index in [2.05, 4.69) is 10.0 Å². The molecule has 2 aliphatic heterocycles. The number of hydrogen-bond donors (Lipinski definition) is 3. The van der Waals surface area contributed by atoms with Crippen LogP contribution in [0.5, 0.6) is 11.6 Å². The molecule has 7 atom stereocenters. The molecule has 1 aromatic heterocycles. The molecule has 15 nitrogen and oxygen atoms in total. The average Bonchev–Trinajstić information content (AvgIpc) is 4.09. The number of aromatic nitrogens is 2. The van der Waals surface area contributed by atoms with Crippen LogP contribution in [-0.2, 0) is 24.4 Å². The topological polar surface area (TPSA) is 197 Å². The summed E-state index contributed by atoms with van der Waals surface area (Å²) in [5.41, 5.74) is -3.33. The number of sulfonamides is 1. The highest BCUT2D eigenvalue weighted by atomic mass is 32.2. The number of nitrogens with zero attached hydrogens (tertiary/aromatic N) is 4. The van der Waals surface area contributed by atoms with Gasteiger partial charge in [-0.15, -0.1) is 0 Å². The van der Waals surface area contributed by atoms with Crippen LogP contribution in [0.4, 0.5) is 18.0 Å². The van der Waals surface area contributed by atoms with Crippen LogP contribution in [0, 0.1) is 17.8 Å². The van der Waals surface area contributed by atoms with Crippen LogP contribution in [0.25, 0.3) is 11.0 Å². The number of alkyl halides is 3. The summed E-state index contributed by atoms with van der Waals surface area (Å²) in [6.45, 7) is 8.33. The van der Waals surface area contributed by atoms with Gasteiger partial charge < -0.3 is 24.8 Å². The number of methoxy groups -OCH3 is 1. The van der Waals surface area contributed by atoms with Crippen LogP contribution in [0.2, 0.25) is 0 Å². The lowest BCUT2D eigenvalue weighted by atomic mass is 9.82. The Labute approximate surface area is 347 Å². The Morgan fingerprint density at radius 2 is 1.82 bits per heavy atom. The zero-order valence-corrected chi connectivity index (χ0v) is 35.7. The van der Waals surface area contributed by atoms with Gasteiger partial charge in [0.05, 0.1) is 29.9 Å². The van der Waals surface area contributed by atoms with Crippen molar-refractivity contribution < 1.29 is 55.3 Å². The minimum atomic E-state index is -5.10. The third kappa shape index (κ3) is 8.86. The van der Waals surface area contributed by atoms with Crippen molar-refractivity contribution >= 4 is 44.9 Å². The fourth-order valence-corrected chi connectivity index (χ4v) is 9.81. The van der Waals surface area contributed by atoms with Gasteiger partial charge >= 0.3 is 12.3 Å². The normalized spacial score (nSPS) is 27.9. The van der Waals surface area contributed by atoms with E-state index in [1.54, 1.807) is 31.2 Å². The fourth-order valence-electron chi connectivity index (χ4n) is 8.45. The maximum atomic E-state index is 15.2. The first-order valence-electron chi connectivity index (χ1n) is 20.5. The summed E-state index contributed by atoms with van der Waals surface area (Å²) >= 11 is 0. The van der Waals surface area contributed by atoms with Gasteiger partial charge in [-0.1, -0.05) is 46.3 Å². The van der Waals surface area contributed by atoms with Gasteiger partial charge in [0.2, 0.25) is 27.7 Å². The average molecular weight is 865 g/mol. The molecule has 330 valence electrons. The van der Waals surface area contributed by atoms with Gasteiger partial charge in [-0.3, -0.25) is 24.0 Å². The van der Waals surface area contributed by atoms with Crippen molar-refractivity contribution in [3.05, 3.63) is 36.0 Å². The zero-order valence-electron chi connectivity index (χ0n) is 34.9. The highest BCUT2D eigenvalue weighted by molar-refractivity contribution is 7.91. The number of carbonyl (C=O) groups is 4. The third-order valence-electron chi connectivity index (χ3n) is 12.4. The van der Waals surface area contributed by atoms with E-state index in [-0.39, 0.29) is 54.8 Å². The summed E-state index contributed by atoms with van der Waals surface area (Å²) < 4.78 is 84.4. The minimum absolute atomic E-state index is 0.0540. The van der Waals surface area contributed by atoms with E-state index >= 15 is 4.79 Å². The number of fused-ring (bicyclic) bond motifs is 3. The van der Waals surface area contributed by atoms with Crippen LogP contribution in [-0.4, -0.2) is 111 Å². The molecule has 3 heterocycles. The van der Waals surface area contributed by atoms with E-state index in [1.165, 1.54) is 7.11 Å². The minimum Gasteiger partial charge on any atom is -0.497 e. The summed E-state index contributed by atoms with van der Waals surface area (Å²) in [4.78, 5) is 67.5. The lowest BCUT2D eigenvalue weighted by Gasteiger charge is -2.46. The standard InChI is InChI=1S/C41H55F3N6O9S/c1-8-24-17-23(4)11-9-10-12-25-20-40(25,37(53)48-60(56,57)28-14-15-28)47-34(51)31-19-27(21-49(31)36(52)33(24)50(38(54)55)39(5,6)41(42,43)44)59-35-32(22(2)3)45-29-16-13-26(58-7)18-30(29)46-35/h10,12-13,16,18,22-25,27-28,31,33H,8-9,11,14-15,17,19-21H2,1-7H3,(H,47,51)(H,48,53)(H,54,55)/t23-,24-,25-,27-,31+,33+,40-/m1/s1. The Kier molecular flexibility index (Phi) is 12.4. The number of carboxylic acid groups (broad SMARTS) is 1. The number of carbonyl (C=O) groups excluding carboxylic acids is 3. The van der Waals surface area contributed by atoms with E-state index in [4.69, 9.17) is 19.4 Å². The molecule has 0 radical (unpaired) electrons. The van der Waals surface area contributed by atoms with Crippen LogP contribution in [0.3, 0.4) is 0 Å². The highest BCUT2D eigenvalue weighted by Gasteiger charge is 2.63. The van der Waals surface area contributed by atoms with Gasteiger partial charge in [-0.25, -0.2) is 23.2 Å². The summed E-state index contributed by atoms with van der Waals surface area (Å²) in [5, 5.41) is 12.6. The Morgan fingerprint density at radius 1 is 1.12 bits per heavy atom. The predicted molar refractivity (Wildman–Crippen MR) is 213 cm³/mol. The van der Waals surface area contributed by atoms with Crippen molar-refractivity contribution in [1.29, 1.82) is 0 Å². The summed E-state index contributed by atoms with van der Waals surface area (Å²) in [7, 11) is -2.54. The van der Waals surface area contributed by atoms with Crippen LogP contribution >= 0.6 is 0 Å². The van der Waals surface area contributed by atoms with Crippen molar-refractivity contribution in [1.82, 2.24) is 29.8 Å².